The standard InChI is InChI=1S/C17H26N2O/c1-12(2)16-10-18-15(14-8-6-5-7-9-14)11-19(16)17(20)13(3)4/h5-9,12-13,15-16,18H,10-11H2,1-4H3. The lowest BCUT2D eigenvalue weighted by Gasteiger charge is -2.43. The Bertz CT molecular complexity index is 442. The fourth-order valence-electron chi connectivity index (χ4n) is 2.86. The number of hydrogen-bond acceptors (Lipinski definition) is 2. The summed E-state index contributed by atoms with van der Waals surface area (Å²) < 4.78 is 0. The molecule has 1 saturated heterocycles. The first-order valence-electron chi connectivity index (χ1n) is 7.59. The molecule has 1 N–H and O–H groups in total. The minimum absolute atomic E-state index is 0.0609. The van der Waals surface area contributed by atoms with E-state index in [0.29, 0.717) is 12.0 Å². The molecule has 110 valence electrons. The van der Waals surface area contributed by atoms with Gasteiger partial charge in [0.05, 0.1) is 0 Å². The molecule has 1 amide bonds. The van der Waals surface area contributed by atoms with Crippen LogP contribution in [0.2, 0.25) is 0 Å². The van der Waals surface area contributed by atoms with E-state index in [2.05, 4.69) is 48.3 Å². The number of piperazine rings is 1. The molecule has 1 aromatic carbocycles. The minimum atomic E-state index is 0.0609. The van der Waals surface area contributed by atoms with Gasteiger partial charge in [-0.2, -0.15) is 0 Å². The van der Waals surface area contributed by atoms with Crippen LogP contribution in [0, 0.1) is 11.8 Å². The molecule has 1 heterocycles. The molecule has 3 heteroatoms. The number of carbonyl (C=O) groups is 1. The van der Waals surface area contributed by atoms with Crippen LogP contribution in [0.4, 0.5) is 0 Å². The van der Waals surface area contributed by atoms with E-state index >= 15 is 0 Å². The molecule has 1 aromatic rings. The van der Waals surface area contributed by atoms with E-state index in [1.807, 2.05) is 19.9 Å². The number of rotatable bonds is 3. The zero-order chi connectivity index (χ0) is 14.7. The topological polar surface area (TPSA) is 32.3 Å². The predicted molar refractivity (Wildman–Crippen MR) is 82.4 cm³/mol. The van der Waals surface area contributed by atoms with E-state index in [4.69, 9.17) is 0 Å². The molecule has 1 aliphatic rings. The van der Waals surface area contributed by atoms with Crippen molar-refractivity contribution < 1.29 is 4.79 Å². The molecular weight excluding hydrogens is 248 g/mol. The Kier molecular flexibility index (Phi) is 4.81. The summed E-state index contributed by atoms with van der Waals surface area (Å²) in [5, 5.41) is 3.60. The second-order valence-electron chi connectivity index (χ2n) is 6.33. The zero-order valence-corrected chi connectivity index (χ0v) is 13.0. The fraction of sp³-hybridized carbons (Fsp3) is 0.588. The molecule has 0 bridgehead atoms. The van der Waals surface area contributed by atoms with Gasteiger partial charge in [0.2, 0.25) is 5.91 Å². The third kappa shape index (κ3) is 3.21. The lowest BCUT2D eigenvalue weighted by molar-refractivity contribution is -0.139. The van der Waals surface area contributed by atoms with Crippen molar-refractivity contribution in [1.82, 2.24) is 10.2 Å². The average Bonchev–Trinajstić information content (AvgIpc) is 2.46. The SMILES string of the molecule is CC(C)C(=O)N1CC(c2ccccc2)NCC1C(C)C. The number of nitrogens with one attached hydrogen (secondary N) is 1. The predicted octanol–water partition coefficient (Wildman–Crippen LogP) is 2.84. The van der Waals surface area contributed by atoms with E-state index in [1.165, 1.54) is 5.56 Å². The van der Waals surface area contributed by atoms with Gasteiger partial charge in [0.1, 0.15) is 0 Å². The molecule has 0 spiro atoms. The minimum Gasteiger partial charge on any atom is -0.336 e. The van der Waals surface area contributed by atoms with E-state index in [-0.39, 0.29) is 17.9 Å². The summed E-state index contributed by atoms with van der Waals surface area (Å²) in [6.07, 6.45) is 0. The highest BCUT2D eigenvalue weighted by Gasteiger charge is 2.34. The average molecular weight is 274 g/mol. The summed E-state index contributed by atoms with van der Waals surface area (Å²) in [6, 6.07) is 10.9. The van der Waals surface area contributed by atoms with E-state index in [1.54, 1.807) is 0 Å². The van der Waals surface area contributed by atoms with Gasteiger partial charge in [0, 0.05) is 31.1 Å². The Hall–Kier alpha value is -1.35. The fourth-order valence-corrected chi connectivity index (χ4v) is 2.86. The third-order valence-electron chi connectivity index (χ3n) is 4.10. The number of carbonyl (C=O) groups excluding carboxylic acids is 1. The monoisotopic (exact) mass is 274 g/mol. The molecule has 1 aliphatic heterocycles. The molecule has 0 saturated carbocycles. The second kappa shape index (κ2) is 6.40. The molecule has 0 radical (unpaired) electrons. The summed E-state index contributed by atoms with van der Waals surface area (Å²) >= 11 is 0. The first kappa shape index (κ1) is 15.0. The van der Waals surface area contributed by atoms with Gasteiger partial charge >= 0.3 is 0 Å². The summed E-state index contributed by atoms with van der Waals surface area (Å²) in [5.41, 5.74) is 1.26. The summed E-state index contributed by atoms with van der Waals surface area (Å²) in [4.78, 5) is 14.6. The smallest absolute Gasteiger partial charge is 0.225 e. The molecule has 20 heavy (non-hydrogen) atoms. The normalized spacial score (nSPS) is 23.4. The van der Waals surface area contributed by atoms with Gasteiger partial charge in [-0.1, -0.05) is 58.0 Å². The van der Waals surface area contributed by atoms with Crippen LogP contribution in [0.15, 0.2) is 30.3 Å². The number of amides is 1. The van der Waals surface area contributed by atoms with Gasteiger partial charge in [-0.3, -0.25) is 4.79 Å². The molecule has 2 rings (SSSR count). The molecule has 3 nitrogen and oxygen atoms in total. The molecule has 1 fully saturated rings. The molecule has 0 aromatic heterocycles. The van der Waals surface area contributed by atoms with Crippen molar-refractivity contribution in [2.45, 2.75) is 39.8 Å². The molecule has 2 atom stereocenters. The Morgan fingerprint density at radius 3 is 2.40 bits per heavy atom. The number of hydrogen-bond donors (Lipinski definition) is 1. The van der Waals surface area contributed by atoms with Crippen LogP contribution in [0.25, 0.3) is 0 Å². The van der Waals surface area contributed by atoms with Gasteiger partial charge in [-0.15, -0.1) is 0 Å². The van der Waals surface area contributed by atoms with Crippen molar-refractivity contribution in [3.63, 3.8) is 0 Å². The van der Waals surface area contributed by atoms with Gasteiger partial charge in [0.15, 0.2) is 0 Å². The Labute approximate surface area is 122 Å². The molecular formula is C17H26N2O. The Balaban J connectivity index is 2.18. The molecule has 2 unspecified atom stereocenters. The lowest BCUT2D eigenvalue weighted by atomic mass is 9.94. The van der Waals surface area contributed by atoms with Crippen LogP contribution >= 0.6 is 0 Å². The maximum atomic E-state index is 12.5. The van der Waals surface area contributed by atoms with Gasteiger partial charge in [-0.05, 0) is 11.5 Å². The zero-order valence-electron chi connectivity index (χ0n) is 13.0. The van der Waals surface area contributed by atoms with Crippen LogP contribution in [-0.4, -0.2) is 29.9 Å². The van der Waals surface area contributed by atoms with Crippen molar-refractivity contribution in [2.75, 3.05) is 13.1 Å². The number of benzene rings is 1. The highest BCUT2D eigenvalue weighted by Crippen LogP contribution is 2.24. The largest absolute Gasteiger partial charge is 0.336 e. The highest BCUT2D eigenvalue weighted by atomic mass is 16.2. The van der Waals surface area contributed by atoms with Crippen LogP contribution < -0.4 is 5.32 Å². The lowest BCUT2D eigenvalue weighted by Crippen LogP contribution is -2.57. The van der Waals surface area contributed by atoms with Crippen molar-refractivity contribution in [1.29, 1.82) is 0 Å². The van der Waals surface area contributed by atoms with Crippen LogP contribution in [0.1, 0.15) is 39.3 Å². The van der Waals surface area contributed by atoms with Crippen molar-refractivity contribution in [3.8, 4) is 0 Å². The van der Waals surface area contributed by atoms with Crippen LogP contribution in [0.5, 0.6) is 0 Å². The van der Waals surface area contributed by atoms with E-state index < -0.39 is 0 Å². The van der Waals surface area contributed by atoms with Crippen molar-refractivity contribution >= 4 is 5.91 Å². The highest BCUT2D eigenvalue weighted by molar-refractivity contribution is 5.78. The number of nitrogens with zero attached hydrogens (tertiary/aromatic N) is 1. The summed E-state index contributed by atoms with van der Waals surface area (Å²) in [5.74, 6) is 0.804. The Morgan fingerprint density at radius 1 is 1.20 bits per heavy atom. The summed E-state index contributed by atoms with van der Waals surface area (Å²) in [6.45, 7) is 9.99. The Morgan fingerprint density at radius 2 is 1.85 bits per heavy atom. The van der Waals surface area contributed by atoms with Crippen molar-refractivity contribution in [3.05, 3.63) is 35.9 Å². The first-order valence-corrected chi connectivity index (χ1v) is 7.59. The van der Waals surface area contributed by atoms with Crippen LogP contribution in [-0.2, 0) is 4.79 Å². The van der Waals surface area contributed by atoms with Gasteiger partial charge < -0.3 is 10.2 Å². The second-order valence-corrected chi connectivity index (χ2v) is 6.33. The van der Waals surface area contributed by atoms with Crippen molar-refractivity contribution in [2.24, 2.45) is 11.8 Å². The van der Waals surface area contributed by atoms with E-state index in [9.17, 15) is 4.79 Å². The summed E-state index contributed by atoms with van der Waals surface area (Å²) in [7, 11) is 0. The maximum Gasteiger partial charge on any atom is 0.225 e. The quantitative estimate of drug-likeness (QED) is 0.919. The third-order valence-corrected chi connectivity index (χ3v) is 4.10. The van der Waals surface area contributed by atoms with Crippen LogP contribution in [0.3, 0.4) is 0 Å². The van der Waals surface area contributed by atoms with E-state index in [0.717, 1.165) is 13.1 Å². The van der Waals surface area contributed by atoms with Gasteiger partial charge in [-0.25, -0.2) is 0 Å². The maximum absolute atomic E-state index is 12.5. The van der Waals surface area contributed by atoms with Gasteiger partial charge in [0.25, 0.3) is 0 Å². The molecule has 0 aliphatic carbocycles. The first-order chi connectivity index (χ1) is 9.50.